The number of hydrogen-bond acceptors (Lipinski definition) is 3. The third-order valence-electron chi connectivity index (χ3n) is 3.97. The third kappa shape index (κ3) is 3.56. The fourth-order valence-corrected chi connectivity index (χ4v) is 2.79. The minimum absolute atomic E-state index is 0.0585. The Morgan fingerprint density at radius 2 is 2.30 bits per heavy atom. The number of carbonyl (C=O) groups is 1. The third-order valence-corrected chi connectivity index (χ3v) is 3.97. The van der Waals surface area contributed by atoms with Crippen molar-refractivity contribution in [3.63, 3.8) is 0 Å². The predicted octanol–water partition coefficient (Wildman–Crippen LogP) is 2.47. The van der Waals surface area contributed by atoms with Crippen LogP contribution < -0.4 is 5.32 Å². The highest BCUT2D eigenvalue weighted by Gasteiger charge is 2.33. The number of benzene rings is 1. The summed E-state index contributed by atoms with van der Waals surface area (Å²) in [5, 5.41) is 9.26. The van der Waals surface area contributed by atoms with Crippen LogP contribution in [0, 0.1) is 17.6 Å². The molecule has 7 heteroatoms. The van der Waals surface area contributed by atoms with Crippen LogP contribution in [-0.2, 0) is 16.1 Å². The summed E-state index contributed by atoms with van der Waals surface area (Å²) in [4.78, 5) is 12.4. The highest BCUT2D eigenvalue weighted by atomic mass is 19.1. The first kappa shape index (κ1) is 15.6. The Hall–Kier alpha value is -2.28. The average molecular weight is 321 g/mol. The van der Waals surface area contributed by atoms with Crippen LogP contribution in [0.15, 0.2) is 30.6 Å². The molecule has 1 aromatic heterocycles. The highest BCUT2D eigenvalue weighted by Crippen LogP contribution is 2.33. The van der Waals surface area contributed by atoms with E-state index in [4.69, 9.17) is 4.74 Å². The molecule has 2 atom stereocenters. The summed E-state index contributed by atoms with van der Waals surface area (Å²) in [6, 6.07) is 3.18. The second-order valence-electron chi connectivity index (χ2n) is 5.53. The Morgan fingerprint density at radius 1 is 1.43 bits per heavy atom. The number of carbonyl (C=O) groups excluding carboxylic acids is 1. The van der Waals surface area contributed by atoms with E-state index in [1.807, 2.05) is 0 Å². The summed E-state index contributed by atoms with van der Waals surface area (Å²) in [5.74, 6) is -1.69. The van der Waals surface area contributed by atoms with Crippen molar-refractivity contribution in [2.45, 2.75) is 25.5 Å². The molecule has 0 saturated carbocycles. The summed E-state index contributed by atoms with van der Waals surface area (Å²) < 4.78 is 32.5. The fraction of sp³-hybridized carbons (Fsp3) is 0.375. The Balaban J connectivity index is 1.67. The Morgan fingerprint density at radius 3 is 3.09 bits per heavy atom. The summed E-state index contributed by atoms with van der Waals surface area (Å²) in [6.07, 6.45) is 4.40. The molecule has 0 unspecified atom stereocenters. The summed E-state index contributed by atoms with van der Waals surface area (Å²) in [7, 11) is 0. The van der Waals surface area contributed by atoms with Gasteiger partial charge in [-0.15, -0.1) is 0 Å². The first-order chi connectivity index (χ1) is 11.1. The van der Waals surface area contributed by atoms with Crippen molar-refractivity contribution in [1.82, 2.24) is 15.5 Å². The van der Waals surface area contributed by atoms with Gasteiger partial charge in [-0.05, 0) is 31.0 Å². The van der Waals surface area contributed by atoms with E-state index in [2.05, 4.69) is 15.5 Å². The van der Waals surface area contributed by atoms with Gasteiger partial charge >= 0.3 is 0 Å². The minimum atomic E-state index is -0.544. The fourth-order valence-electron chi connectivity index (χ4n) is 2.79. The maximum atomic E-state index is 13.6. The molecule has 1 aliphatic rings. The lowest BCUT2D eigenvalue weighted by atomic mass is 9.90. The van der Waals surface area contributed by atoms with Crippen LogP contribution >= 0.6 is 0 Å². The van der Waals surface area contributed by atoms with Gasteiger partial charge in [0.2, 0.25) is 5.91 Å². The van der Waals surface area contributed by atoms with E-state index >= 15 is 0 Å². The van der Waals surface area contributed by atoms with Crippen LogP contribution in [0.5, 0.6) is 0 Å². The van der Waals surface area contributed by atoms with Crippen LogP contribution in [0.3, 0.4) is 0 Å². The quantitative estimate of drug-likeness (QED) is 0.909. The van der Waals surface area contributed by atoms with Crippen LogP contribution in [-0.4, -0.2) is 22.7 Å². The minimum Gasteiger partial charge on any atom is -0.373 e. The van der Waals surface area contributed by atoms with Gasteiger partial charge in [-0.1, -0.05) is 0 Å². The number of amides is 1. The molecule has 1 aromatic carbocycles. The summed E-state index contributed by atoms with van der Waals surface area (Å²) >= 11 is 0. The zero-order valence-corrected chi connectivity index (χ0v) is 12.4. The zero-order chi connectivity index (χ0) is 16.2. The molecule has 0 spiro atoms. The number of nitrogens with one attached hydrogen (secondary N) is 2. The van der Waals surface area contributed by atoms with Crippen molar-refractivity contribution >= 4 is 5.91 Å². The molecule has 1 aliphatic heterocycles. The molecule has 3 rings (SSSR count). The number of nitrogens with zero attached hydrogens (tertiary/aromatic N) is 1. The average Bonchev–Trinajstić information content (AvgIpc) is 3.10. The smallest absolute Gasteiger partial charge is 0.226 e. The van der Waals surface area contributed by atoms with E-state index in [0.717, 1.165) is 30.2 Å². The summed E-state index contributed by atoms with van der Waals surface area (Å²) in [6.45, 7) is 0.523. The van der Waals surface area contributed by atoms with Crippen LogP contribution in [0.25, 0.3) is 0 Å². The van der Waals surface area contributed by atoms with Gasteiger partial charge in [0.25, 0.3) is 0 Å². The first-order valence-electron chi connectivity index (χ1n) is 7.47. The van der Waals surface area contributed by atoms with Gasteiger partial charge in [-0.25, -0.2) is 8.78 Å². The zero-order valence-electron chi connectivity index (χ0n) is 12.4. The van der Waals surface area contributed by atoms with Crippen molar-refractivity contribution in [3.8, 4) is 0 Å². The molecule has 1 fully saturated rings. The molecule has 0 aliphatic carbocycles. The van der Waals surface area contributed by atoms with Crippen LogP contribution in [0.1, 0.15) is 30.1 Å². The molecule has 2 aromatic rings. The van der Waals surface area contributed by atoms with Gasteiger partial charge in [0.05, 0.1) is 18.2 Å². The molecular weight excluding hydrogens is 304 g/mol. The number of rotatable bonds is 4. The molecule has 1 saturated heterocycles. The first-order valence-corrected chi connectivity index (χ1v) is 7.47. The number of aromatic amines is 1. The van der Waals surface area contributed by atoms with Crippen molar-refractivity contribution in [1.29, 1.82) is 0 Å². The maximum absolute atomic E-state index is 13.6. The molecule has 122 valence electrons. The number of hydrogen-bond donors (Lipinski definition) is 2. The van der Waals surface area contributed by atoms with E-state index in [9.17, 15) is 13.6 Å². The van der Waals surface area contributed by atoms with E-state index in [1.165, 1.54) is 0 Å². The number of halogens is 2. The molecule has 0 radical (unpaired) electrons. The van der Waals surface area contributed by atoms with Crippen LogP contribution in [0.4, 0.5) is 8.78 Å². The Kier molecular flexibility index (Phi) is 4.66. The van der Waals surface area contributed by atoms with Gasteiger partial charge in [-0.2, -0.15) is 5.10 Å². The van der Waals surface area contributed by atoms with Crippen LogP contribution in [0.2, 0.25) is 0 Å². The van der Waals surface area contributed by atoms with Gasteiger partial charge in [0.15, 0.2) is 0 Å². The Bertz CT molecular complexity index is 676. The van der Waals surface area contributed by atoms with Gasteiger partial charge in [-0.3, -0.25) is 9.89 Å². The predicted molar refractivity (Wildman–Crippen MR) is 78.2 cm³/mol. The number of H-pyrrole nitrogens is 1. The molecule has 2 heterocycles. The monoisotopic (exact) mass is 321 g/mol. The van der Waals surface area contributed by atoms with Crippen molar-refractivity contribution in [2.75, 3.05) is 6.61 Å². The SMILES string of the molecule is O=C(NCc1cc(F)ccc1F)[C@@H]1CCCO[C@H]1c1cn[nH]c1. The van der Waals surface area contributed by atoms with E-state index in [1.54, 1.807) is 12.4 Å². The van der Waals surface area contributed by atoms with E-state index in [0.29, 0.717) is 13.0 Å². The maximum Gasteiger partial charge on any atom is 0.226 e. The molecule has 23 heavy (non-hydrogen) atoms. The van der Waals surface area contributed by atoms with Crippen molar-refractivity contribution < 1.29 is 18.3 Å². The van der Waals surface area contributed by atoms with Gasteiger partial charge in [0, 0.05) is 30.5 Å². The second-order valence-corrected chi connectivity index (χ2v) is 5.53. The lowest BCUT2D eigenvalue weighted by molar-refractivity contribution is -0.134. The molecule has 1 amide bonds. The topological polar surface area (TPSA) is 67.0 Å². The lowest BCUT2D eigenvalue weighted by Gasteiger charge is -2.30. The second kappa shape index (κ2) is 6.87. The lowest BCUT2D eigenvalue weighted by Crippen LogP contribution is -2.37. The van der Waals surface area contributed by atoms with Gasteiger partial charge < -0.3 is 10.1 Å². The Labute approximate surface area is 132 Å². The standard InChI is InChI=1S/C16H17F2N3O2/c17-12-3-4-14(18)10(6-12)7-19-16(22)13-2-1-5-23-15(13)11-8-20-21-9-11/h3-4,6,8-9,13,15H,1-2,5,7H2,(H,19,22)(H,20,21)/t13-,15+/m1/s1. The molecule has 2 N–H and O–H groups in total. The summed E-state index contributed by atoms with van der Waals surface area (Å²) in [5.41, 5.74) is 0.928. The number of aromatic nitrogens is 2. The molecule has 0 bridgehead atoms. The number of ether oxygens (including phenoxy) is 1. The van der Waals surface area contributed by atoms with E-state index < -0.39 is 11.6 Å². The van der Waals surface area contributed by atoms with Crippen molar-refractivity contribution in [3.05, 3.63) is 53.4 Å². The van der Waals surface area contributed by atoms with Gasteiger partial charge in [0.1, 0.15) is 11.6 Å². The molecular formula is C16H17F2N3O2. The molecule has 5 nitrogen and oxygen atoms in total. The van der Waals surface area contributed by atoms with Crippen molar-refractivity contribution in [2.24, 2.45) is 5.92 Å². The van der Waals surface area contributed by atoms with E-state index in [-0.39, 0.29) is 30.0 Å². The normalized spacial score (nSPS) is 21.1. The highest BCUT2D eigenvalue weighted by molar-refractivity contribution is 5.79. The largest absolute Gasteiger partial charge is 0.373 e.